The highest BCUT2D eigenvalue weighted by Gasteiger charge is 2.35. The minimum atomic E-state index is -0.353. The van der Waals surface area contributed by atoms with Crippen LogP contribution in [0.15, 0.2) is 47.3 Å². The van der Waals surface area contributed by atoms with Crippen molar-refractivity contribution in [3.8, 4) is 0 Å². The lowest BCUT2D eigenvalue weighted by Crippen LogP contribution is -2.48. The molecule has 2 bridgehead atoms. The normalized spacial score (nSPS) is 20.9. The minimum absolute atomic E-state index is 0.0588. The molecule has 1 saturated heterocycles. The number of aromatic nitrogens is 1. The zero-order chi connectivity index (χ0) is 19.0. The van der Waals surface area contributed by atoms with Crippen LogP contribution < -0.4 is 5.56 Å². The number of rotatable bonds is 3. The number of ketones is 1. The smallest absolute Gasteiger partial charge is 0.250 e. The van der Waals surface area contributed by atoms with E-state index in [1.807, 2.05) is 16.7 Å². The molecule has 0 N–H and O–H groups in total. The Bertz CT molecular complexity index is 942. The maximum Gasteiger partial charge on any atom is 0.250 e. The maximum atomic E-state index is 13.0. The fraction of sp³-hybridized carbons (Fsp3) is 0.350. The lowest BCUT2D eigenvalue weighted by molar-refractivity contribution is 0.102. The molecule has 1 aromatic carbocycles. The number of halogens is 1. The Morgan fingerprint density at radius 3 is 2.70 bits per heavy atom. The highest BCUT2D eigenvalue weighted by Crippen LogP contribution is 2.36. The second-order valence-electron chi connectivity index (χ2n) is 7.09. The van der Waals surface area contributed by atoms with Crippen molar-refractivity contribution in [2.24, 2.45) is 5.92 Å². The third kappa shape index (κ3) is 3.84. The van der Waals surface area contributed by atoms with Crippen LogP contribution in [0.3, 0.4) is 0 Å². The van der Waals surface area contributed by atoms with Crippen molar-refractivity contribution in [3.63, 3.8) is 0 Å². The van der Waals surface area contributed by atoms with E-state index in [0.29, 0.717) is 15.8 Å². The van der Waals surface area contributed by atoms with Crippen molar-refractivity contribution in [2.75, 3.05) is 18.8 Å². The molecule has 27 heavy (non-hydrogen) atoms. The maximum absolute atomic E-state index is 13.0. The second-order valence-corrected chi connectivity index (χ2v) is 8.70. The molecule has 0 spiro atoms. The van der Waals surface area contributed by atoms with Crippen molar-refractivity contribution in [1.82, 2.24) is 9.47 Å². The second kappa shape index (κ2) is 7.56. The summed E-state index contributed by atoms with van der Waals surface area (Å²) in [5.74, 6) is 0.512. The van der Waals surface area contributed by atoms with Gasteiger partial charge >= 0.3 is 0 Å². The molecule has 2 atom stereocenters. The van der Waals surface area contributed by atoms with Crippen molar-refractivity contribution < 1.29 is 9.18 Å². The molecule has 140 valence electrons. The van der Waals surface area contributed by atoms with E-state index in [0.717, 1.165) is 31.7 Å². The number of carbonyl (C=O) groups is 1. The largest absolute Gasteiger partial charge is 0.356 e. The quantitative estimate of drug-likeness (QED) is 0.582. The highest BCUT2D eigenvalue weighted by molar-refractivity contribution is 8.23. The summed E-state index contributed by atoms with van der Waals surface area (Å²) in [6, 6.07) is 11.1. The molecular formula is C20H19FN2O2S2. The van der Waals surface area contributed by atoms with Gasteiger partial charge in [-0.1, -0.05) is 30.0 Å². The molecule has 2 aliphatic rings. The number of fused-ring (bicyclic) bond motifs is 4. The van der Waals surface area contributed by atoms with Crippen LogP contribution in [0.5, 0.6) is 0 Å². The Labute approximate surface area is 166 Å². The Morgan fingerprint density at radius 1 is 1.15 bits per heavy atom. The van der Waals surface area contributed by atoms with Gasteiger partial charge < -0.3 is 9.47 Å². The number of thiocarbonyl (C=S) groups is 1. The number of hydrogen-bond donors (Lipinski definition) is 0. The number of thioether (sulfide) groups is 1. The molecule has 2 aromatic rings. The number of benzene rings is 1. The first-order valence-electron chi connectivity index (χ1n) is 8.91. The number of hydrogen-bond acceptors (Lipinski definition) is 4. The summed E-state index contributed by atoms with van der Waals surface area (Å²) in [6.07, 6.45) is 1.07. The first kappa shape index (κ1) is 18.4. The van der Waals surface area contributed by atoms with Crippen molar-refractivity contribution in [3.05, 3.63) is 69.9 Å². The molecular weight excluding hydrogens is 383 g/mol. The molecule has 1 fully saturated rings. The predicted octanol–water partition coefficient (Wildman–Crippen LogP) is 3.31. The van der Waals surface area contributed by atoms with Crippen LogP contribution in [0.2, 0.25) is 0 Å². The van der Waals surface area contributed by atoms with Gasteiger partial charge in [-0.2, -0.15) is 0 Å². The van der Waals surface area contributed by atoms with Crippen LogP contribution in [-0.2, 0) is 6.54 Å². The van der Waals surface area contributed by atoms with E-state index in [1.165, 1.54) is 36.0 Å². The van der Waals surface area contributed by atoms with Crippen LogP contribution in [0.25, 0.3) is 0 Å². The Morgan fingerprint density at radius 2 is 1.93 bits per heavy atom. The molecule has 2 aliphatic heterocycles. The molecule has 0 radical (unpaired) electrons. The van der Waals surface area contributed by atoms with E-state index in [2.05, 4.69) is 4.90 Å². The average Bonchev–Trinajstić information content (AvgIpc) is 2.67. The van der Waals surface area contributed by atoms with E-state index in [4.69, 9.17) is 12.2 Å². The summed E-state index contributed by atoms with van der Waals surface area (Å²) >= 11 is 6.93. The van der Waals surface area contributed by atoms with Gasteiger partial charge in [-0.3, -0.25) is 9.59 Å². The zero-order valence-corrected chi connectivity index (χ0v) is 16.3. The molecule has 4 nitrogen and oxygen atoms in total. The number of pyridine rings is 1. The molecule has 3 heterocycles. The van der Waals surface area contributed by atoms with E-state index in [1.54, 1.807) is 6.07 Å². The number of likely N-dealkylation sites (tertiary alicyclic amines) is 1. The van der Waals surface area contributed by atoms with Crippen LogP contribution in [-0.4, -0.2) is 38.4 Å². The van der Waals surface area contributed by atoms with E-state index >= 15 is 0 Å². The Kier molecular flexibility index (Phi) is 5.14. The van der Waals surface area contributed by atoms with Gasteiger partial charge in [-0.05, 0) is 42.7 Å². The molecule has 7 heteroatoms. The standard InChI is InChI=1S/C20H19FN2O2S2/c21-16-6-4-14(5-7-16)18(24)12-27-20(26)22-9-13-8-15(11-22)17-2-1-3-19(25)23(17)10-13/h1-7,13,15H,8-12H2/t13-,15+/m0/s1. The molecule has 1 aromatic heterocycles. The number of nitrogens with zero attached hydrogens (tertiary/aromatic N) is 2. The Hall–Kier alpha value is -1.99. The number of piperidine rings is 1. The van der Waals surface area contributed by atoms with E-state index in [-0.39, 0.29) is 28.8 Å². The van der Waals surface area contributed by atoms with Crippen molar-refractivity contribution >= 4 is 34.1 Å². The monoisotopic (exact) mass is 402 g/mol. The van der Waals surface area contributed by atoms with Gasteiger partial charge in [-0.15, -0.1) is 0 Å². The molecule has 0 amide bonds. The number of Topliss-reactive ketones (excluding diaryl/α,β-unsaturated/α-hetero) is 1. The zero-order valence-electron chi connectivity index (χ0n) is 14.6. The third-order valence-corrected chi connectivity index (χ3v) is 6.75. The van der Waals surface area contributed by atoms with Crippen molar-refractivity contribution in [2.45, 2.75) is 18.9 Å². The van der Waals surface area contributed by atoms with E-state index in [9.17, 15) is 14.0 Å². The van der Waals surface area contributed by atoms with Crippen molar-refractivity contribution in [1.29, 1.82) is 0 Å². The number of carbonyl (C=O) groups excluding carboxylic acids is 1. The van der Waals surface area contributed by atoms with Gasteiger partial charge in [0, 0.05) is 42.9 Å². The summed E-state index contributed by atoms with van der Waals surface area (Å²) in [5.41, 5.74) is 1.65. The summed E-state index contributed by atoms with van der Waals surface area (Å²) in [7, 11) is 0. The van der Waals surface area contributed by atoms with Gasteiger partial charge in [0.25, 0.3) is 5.56 Å². The summed E-state index contributed by atoms with van der Waals surface area (Å²) < 4.78 is 15.6. The topological polar surface area (TPSA) is 42.3 Å². The van der Waals surface area contributed by atoms with E-state index < -0.39 is 0 Å². The Balaban J connectivity index is 1.40. The fourth-order valence-corrected chi connectivity index (χ4v) is 5.06. The SMILES string of the molecule is O=C(CSC(=S)N1C[C@@H]2C[C@H](C1)c1cccc(=O)n1C2)c1ccc(F)cc1. The molecule has 0 aliphatic carbocycles. The first-order valence-corrected chi connectivity index (χ1v) is 10.3. The van der Waals surface area contributed by atoms with Gasteiger partial charge in [0.1, 0.15) is 10.1 Å². The van der Waals surface area contributed by atoms with Crippen LogP contribution in [0, 0.1) is 11.7 Å². The fourth-order valence-electron chi connectivity index (χ4n) is 3.98. The highest BCUT2D eigenvalue weighted by atomic mass is 32.2. The summed E-state index contributed by atoms with van der Waals surface area (Å²) in [6.45, 7) is 2.31. The lowest BCUT2D eigenvalue weighted by atomic mass is 9.83. The van der Waals surface area contributed by atoms with Gasteiger partial charge in [-0.25, -0.2) is 4.39 Å². The van der Waals surface area contributed by atoms with Gasteiger partial charge in [0.05, 0.1) is 5.75 Å². The predicted molar refractivity (Wildman–Crippen MR) is 109 cm³/mol. The third-order valence-electron chi connectivity index (χ3n) is 5.23. The lowest BCUT2D eigenvalue weighted by Gasteiger charge is -2.43. The molecule has 0 saturated carbocycles. The van der Waals surface area contributed by atoms with Crippen LogP contribution in [0.4, 0.5) is 4.39 Å². The summed E-state index contributed by atoms with van der Waals surface area (Å²) in [5, 5.41) is 0. The van der Waals surface area contributed by atoms with Gasteiger partial charge in [0.2, 0.25) is 0 Å². The van der Waals surface area contributed by atoms with Gasteiger partial charge in [0.15, 0.2) is 5.78 Å². The van der Waals surface area contributed by atoms with Crippen LogP contribution >= 0.6 is 24.0 Å². The average molecular weight is 403 g/mol. The summed E-state index contributed by atoms with van der Waals surface area (Å²) in [4.78, 5) is 26.5. The minimum Gasteiger partial charge on any atom is -0.356 e. The van der Waals surface area contributed by atoms with Crippen LogP contribution in [0.1, 0.15) is 28.4 Å². The molecule has 0 unspecified atom stereocenters. The first-order chi connectivity index (χ1) is 13.0. The molecule has 4 rings (SSSR count).